The van der Waals surface area contributed by atoms with Gasteiger partial charge in [-0.1, -0.05) is 16.8 Å². The summed E-state index contributed by atoms with van der Waals surface area (Å²) in [4.78, 5) is 3.40. The number of rotatable bonds is 6. The van der Waals surface area contributed by atoms with E-state index in [1.807, 2.05) is 38.2 Å². The number of hydrogen-bond acceptors (Lipinski definition) is 5. The Hall–Kier alpha value is -2.77. The van der Waals surface area contributed by atoms with E-state index < -0.39 is 0 Å². The van der Waals surface area contributed by atoms with E-state index in [0.29, 0.717) is 23.9 Å². The van der Waals surface area contributed by atoms with E-state index in [1.165, 1.54) is 0 Å². The fourth-order valence-corrected chi connectivity index (χ4v) is 3.30. The van der Waals surface area contributed by atoms with Crippen LogP contribution in [0.2, 0.25) is 5.15 Å². The van der Waals surface area contributed by atoms with Crippen LogP contribution >= 0.6 is 11.6 Å². The van der Waals surface area contributed by atoms with Gasteiger partial charge in [0.25, 0.3) is 0 Å². The largest absolute Gasteiger partial charge is 0.497 e. The predicted octanol–water partition coefficient (Wildman–Crippen LogP) is 3.82. The molecule has 0 aliphatic rings. The highest BCUT2D eigenvalue weighted by molar-refractivity contribution is 6.30. The quantitative estimate of drug-likeness (QED) is 0.527. The maximum absolute atomic E-state index is 6.43. The first-order valence-corrected chi connectivity index (χ1v) is 8.94. The van der Waals surface area contributed by atoms with Crippen LogP contribution in [-0.4, -0.2) is 27.0 Å². The van der Waals surface area contributed by atoms with Gasteiger partial charge in [0.05, 0.1) is 7.11 Å². The zero-order valence-corrected chi connectivity index (χ0v) is 16.1. The molecule has 0 aliphatic carbocycles. The minimum absolute atomic E-state index is 0.562. The van der Waals surface area contributed by atoms with Crippen molar-refractivity contribution < 1.29 is 9.26 Å². The molecule has 0 saturated heterocycles. The summed E-state index contributed by atoms with van der Waals surface area (Å²) in [5.74, 6) is 1.58. The lowest BCUT2D eigenvalue weighted by Gasteiger charge is -2.04. The van der Waals surface area contributed by atoms with Crippen LogP contribution in [0, 0.1) is 6.92 Å². The van der Waals surface area contributed by atoms with Crippen LogP contribution in [0.3, 0.4) is 0 Å². The summed E-state index contributed by atoms with van der Waals surface area (Å²) in [6.45, 7) is 3.08. The SMILES string of the molecule is COc1ccc2[nH]c(CNCc3c(-c4cc(C)on4)nn(C)c3Cl)cc2c1. The van der Waals surface area contributed by atoms with Crippen LogP contribution in [0.4, 0.5) is 0 Å². The molecule has 0 amide bonds. The zero-order valence-electron chi connectivity index (χ0n) is 15.3. The third-order valence-electron chi connectivity index (χ3n) is 4.44. The smallest absolute Gasteiger partial charge is 0.134 e. The van der Waals surface area contributed by atoms with Crippen LogP contribution in [0.25, 0.3) is 22.3 Å². The molecule has 0 aliphatic heterocycles. The first-order chi connectivity index (χ1) is 13.0. The van der Waals surface area contributed by atoms with Crippen molar-refractivity contribution in [3.63, 3.8) is 0 Å². The molecule has 1 aromatic carbocycles. The molecule has 4 aromatic rings. The fourth-order valence-electron chi connectivity index (χ4n) is 3.10. The van der Waals surface area contributed by atoms with Gasteiger partial charge in [0, 0.05) is 48.4 Å². The third-order valence-corrected chi connectivity index (χ3v) is 4.91. The van der Waals surface area contributed by atoms with Crippen LogP contribution in [0.15, 0.2) is 34.9 Å². The van der Waals surface area contributed by atoms with Crippen LogP contribution < -0.4 is 10.1 Å². The summed E-state index contributed by atoms with van der Waals surface area (Å²) >= 11 is 6.43. The van der Waals surface area contributed by atoms with Crippen molar-refractivity contribution >= 4 is 22.5 Å². The number of H-pyrrole nitrogens is 1. The zero-order chi connectivity index (χ0) is 19.0. The second-order valence-electron chi connectivity index (χ2n) is 6.42. The third kappa shape index (κ3) is 3.43. The Bertz CT molecular complexity index is 1100. The van der Waals surface area contributed by atoms with Gasteiger partial charge in [0.2, 0.25) is 0 Å². The first-order valence-electron chi connectivity index (χ1n) is 8.56. The molecule has 0 bridgehead atoms. The molecule has 7 nitrogen and oxygen atoms in total. The van der Waals surface area contributed by atoms with E-state index in [-0.39, 0.29) is 0 Å². The summed E-state index contributed by atoms with van der Waals surface area (Å²) in [6.07, 6.45) is 0. The van der Waals surface area contributed by atoms with E-state index in [1.54, 1.807) is 11.8 Å². The molecule has 0 fully saturated rings. The number of benzene rings is 1. The monoisotopic (exact) mass is 385 g/mol. The minimum Gasteiger partial charge on any atom is -0.497 e. The summed E-state index contributed by atoms with van der Waals surface area (Å²) in [5, 5.41) is 13.6. The maximum Gasteiger partial charge on any atom is 0.134 e. The Kier molecular flexibility index (Phi) is 4.63. The standard InChI is InChI=1S/C19H20ClN5O2/c1-11-6-17(24-27-11)18-15(19(20)25(2)23-18)10-21-9-13-7-12-8-14(26-3)4-5-16(12)22-13/h4-8,21-22H,9-10H2,1-3H3. The van der Waals surface area contributed by atoms with Crippen LogP contribution in [-0.2, 0) is 20.1 Å². The molecule has 140 valence electrons. The topological polar surface area (TPSA) is 80.9 Å². The highest BCUT2D eigenvalue weighted by atomic mass is 35.5. The molecule has 0 atom stereocenters. The van der Waals surface area contributed by atoms with Gasteiger partial charge in [0.1, 0.15) is 28.1 Å². The molecule has 27 heavy (non-hydrogen) atoms. The van der Waals surface area contributed by atoms with Crippen molar-refractivity contribution in [2.24, 2.45) is 7.05 Å². The molecular formula is C19H20ClN5O2. The van der Waals surface area contributed by atoms with E-state index in [0.717, 1.165) is 39.4 Å². The minimum atomic E-state index is 0.562. The normalized spacial score (nSPS) is 11.4. The second-order valence-corrected chi connectivity index (χ2v) is 6.77. The maximum atomic E-state index is 6.43. The molecule has 3 aromatic heterocycles. The van der Waals surface area contributed by atoms with Gasteiger partial charge >= 0.3 is 0 Å². The van der Waals surface area contributed by atoms with E-state index >= 15 is 0 Å². The van der Waals surface area contributed by atoms with Gasteiger partial charge in [-0.15, -0.1) is 0 Å². The number of aromatic nitrogens is 4. The highest BCUT2D eigenvalue weighted by Crippen LogP contribution is 2.28. The van der Waals surface area contributed by atoms with E-state index in [4.69, 9.17) is 20.9 Å². The fraction of sp³-hybridized carbons (Fsp3) is 0.263. The van der Waals surface area contributed by atoms with Crippen molar-refractivity contribution in [2.45, 2.75) is 20.0 Å². The summed E-state index contributed by atoms with van der Waals surface area (Å²) in [5.41, 5.74) is 4.46. The van der Waals surface area contributed by atoms with Crippen LogP contribution in [0.5, 0.6) is 5.75 Å². The number of aryl methyl sites for hydroxylation is 2. The first kappa shape index (κ1) is 17.6. The number of aromatic amines is 1. The van der Waals surface area contributed by atoms with Crippen molar-refractivity contribution in [3.8, 4) is 17.1 Å². The van der Waals surface area contributed by atoms with Crippen molar-refractivity contribution in [3.05, 3.63) is 52.5 Å². The number of nitrogens with zero attached hydrogens (tertiary/aromatic N) is 3. The van der Waals surface area contributed by atoms with Crippen molar-refractivity contribution in [2.75, 3.05) is 7.11 Å². The molecule has 2 N–H and O–H groups in total. The molecule has 0 saturated carbocycles. The lowest BCUT2D eigenvalue weighted by Crippen LogP contribution is -2.13. The number of fused-ring (bicyclic) bond motifs is 1. The number of methoxy groups -OCH3 is 1. The second kappa shape index (κ2) is 7.09. The van der Waals surface area contributed by atoms with Gasteiger partial charge in [0.15, 0.2) is 0 Å². The van der Waals surface area contributed by atoms with Gasteiger partial charge < -0.3 is 19.6 Å². The molecule has 3 heterocycles. The summed E-state index contributed by atoms with van der Waals surface area (Å²) in [7, 11) is 3.48. The van der Waals surface area contributed by atoms with Gasteiger partial charge in [-0.25, -0.2) is 0 Å². The number of halogens is 1. The molecule has 4 rings (SSSR count). The Balaban J connectivity index is 1.51. The number of nitrogens with one attached hydrogen (secondary N) is 2. The molecule has 0 unspecified atom stereocenters. The average molecular weight is 386 g/mol. The molecule has 8 heteroatoms. The Labute approximate surface area is 161 Å². The van der Waals surface area contributed by atoms with E-state index in [2.05, 4.69) is 26.6 Å². The molecular weight excluding hydrogens is 366 g/mol. The predicted molar refractivity (Wildman–Crippen MR) is 104 cm³/mol. The van der Waals surface area contributed by atoms with Crippen molar-refractivity contribution in [1.29, 1.82) is 0 Å². The number of ether oxygens (including phenoxy) is 1. The van der Waals surface area contributed by atoms with Gasteiger partial charge in [-0.2, -0.15) is 5.10 Å². The molecule has 0 radical (unpaired) electrons. The Morgan fingerprint density at radius 2 is 2.11 bits per heavy atom. The van der Waals surface area contributed by atoms with Gasteiger partial charge in [-0.3, -0.25) is 4.68 Å². The number of hydrogen-bond donors (Lipinski definition) is 2. The van der Waals surface area contributed by atoms with Crippen LogP contribution in [0.1, 0.15) is 17.0 Å². The Morgan fingerprint density at radius 1 is 1.26 bits per heavy atom. The lowest BCUT2D eigenvalue weighted by atomic mass is 10.2. The van der Waals surface area contributed by atoms with Gasteiger partial charge in [-0.05, 0) is 31.2 Å². The summed E-state index contributed by atoms with van der Waals surface area (Å²) in [6, 6.07) is 9.93. The summed E-state index contributed by atoms with van der Waals surface area (Å²) < 4.78 is 12.1. The average Bonchev–Trinajstić information content (AvgIpc) is 3.34. The lowest BCUT2D eigenvalue weighted by molar-refractivity contribution is 0.399. The Morgan fingerprint density at radius 3 is 2.85 bits per heavy atom. The molecule has 0 spiro atoms. The van der Waals surface area contributed by atoms with E-state index in [9.17, 15) is 0 Å². The highest BCUT2D eigenvalue weighted by Gasteiger charge is 2.18. The van der Waals surface area contributed by atoms with Crippen molar-refractivity contribution in [1.82, 2.24) is 25.2 Å².